The SMILES string of the molecule is Cc1cccc2c1=Nc1c=2ccc2c(O)/c(=C\c3ccccc3)oc12. The van der Waals surface area contributed by atoms with Crippen LogP contribution in [0.25, 0.3) is 17.0 Å². The van der Waals surface area contributed by atoms with E-state index in [0.29, 0.717) is 16.4 Å². The molecular formula is C22H15NO2. The van der Waals surface area contributed by atoms with Gasteiger partial charge >= 0.3 is 0 Å². The fourth-order valence-electron chi connectivity index (χ4n) is 3.42. The van der Waals surface area contributed by atoms with E-state index in [9.17, 15) is 5.11 Å². The number of fused-ring (bicyclic) bond motifs is 4. The van der Waals surface area contributed by atoms with E-state index in [1.165, 1.54) is 0 Å². The zero-order chi connectivity index (χ0) is 17.0. The van der Waals surface area contributed by atoms with Crippen molar-refractivity contribution in [3.63, 3.8) is 0 Å². The number of nitrogens with zero attached hydrogens (tertiary/aromatic N) is 1. The summed E-state index contributed by atoms with van der Waals surface area (Å²) in [5.74, 6) is 0.157. The first-order valence-electron chi connectivity index (χ1n) is 8.22. The third-order valence-electron chi connectivity index (χ3n) is 4.68. The van der Waals surface area contributed by atoms with Gasteiger partial charge in [0.15, 0.2) is 16.7 Å². The van der Waals surface area contributed by atoms with Crippen molar-refractivity contribution in [2.75, 3.05) is 0 Å². The van der Waals surface area contributed by atoms with E-state index < -0.39 is 0 Å². The van der Waals surface area contributed by atoms with Gasteiger partial charge in [-0.05, 0) is 30.2 Å². The predicted octanol–water partition coefficient (Wildman–Crippen LogP) is 3.83. The minimum absolute atomic E-state index is 0.157. The summed E-state index contributed by atoms with van der Waals surface area (Å²) < 4.78 is 6.02. The van der Waals surface area contributed by atoms with Crippen LogP contribution < -0.4 is 10.8 Å². The highest BCUT2D eigenvalue weighted by Gasteiger charge is 2.16. The lowest BCUT2D eigenvalue weighted by Crippen LogP contribution is -2.04. The average molecular weight is 325 g/mol. The Kier molecular flexibility index (Phi) is 2.86. The first-order chi connectivity index (χ1) is 12.2. The van der Waals surface area contributed by atoms with E-state index in [0.717, 1.165) is 32.6 Å². The summed E-state index contributed by atoms with van der Waals surface area (Å²) in [7, 11) is 0. The number of hydrogen-bond acceptors (Lipinski definition) is 3. The maximum atomic E-state index is 10.6. The highest BCUT2D eigenvalue weighted by molar-refractivity contribution is 5.93. The molecule has 0 fully saturated rings. The van der Waals surface area contributed by atoms with Crippen LogP contribution in [-0.2, 0) is 0 Å². The lowest BCUT2D eigenvalue weighted by Gasteiger charge is -1.93. The standard InChI is InChI=1S/C22H15NO2/c1-13-6-5-9-15-16-10-11-17-21(24)18(12-14-7-3-2-4-8-14)25-22(17)20(16)23-19(13)15/h2-12,24H,1H3/b18-12+. The van der Waals surface area contributed by atoms with Crippen LogP contribution in [0.15, 0.2) is 70.1 Å². The van der Waals surface area contributed by atoms with Gasteiger partial charge in [-0.3, -0.25) is 0 Å². The van der Waals surface area contributed by atoms with Crippen LogP contribution in [0.4, 0.5) is 5.69 Å². The topological polar surface area (TPSA) is 45.7 Å². The molecule has 1 aliphatic rings. The predicted molar refractivity (Wildman–Crippen MR) is 97.2 cm³/mol. The molecule has 3 heteroatoms. The van der Waals surface area contributed by atoms with Crippen LogP contribution in [0.1, 0.15) is 11.1 Å². The highest BCUT2D eigenvalue weighted by Crippen LogP contribution is 2.33. The second-order valence-corrected chi connectivity index (χ2v) is 6.29. The second kappa shape index (κ2) is 5.08. The van der Waals surface area contributed by atoms with Crippen molar-refractivity contribution >= 4 is 22.7 Å². The normalized spacial score (nSPS) is 12.9. The lowest BCUT2D eigenvalue weighted by atomic mass is 10.1. The molecular weight excluding hydrogens is 310 g/mol. The summed E-state index contributed by atoms with van der Waals surface area (Å²) in [5.41, 5.74) is 3.99. The van der Waals surface area contributed by atoms with Crippen molar-refractivity contribution in [3.8, 4) is 5.75 Å². The molecule has 2 heterocycles. The molecule has 1 N–H and O–H groups in total. The first kappa shape index (κ1) is 14.1. The van der Waals surface area contributed by atoms with Crippen LogP contribution in [0, 0.1) is 17.4 Å². The number of benzene rings is 3. The molecule has 120 valence electrons. The summed E-state index contributed by atoms with van der Waals surface area (Å²) >= 11 is 0. The maximum Gasteiger partial charge on any atom is 0.170 e. The van der Waals surface area contributed by atoms with Gasteiger partial charge in [-0.1, -0.05) is 54.6 Å². The molecule has 4 aromatic rings. The fraction of sp³-hybridized carbons (Fsp3) is 0.0455. The highest BCUT2D eigenvalue weighted by atomic mass is 16.4. The third kappa shape index (κ3) is 2.02. The van der Waals surface area contributed by atoms with Gasteiger partial charge in [0.1, 0.15) is 5.69 Å². The molecule has 0 bridgehead atoms. The molecule has 0 atom stereocenters. The molecule has 0 saturated carbocycles. The summed E-state index contributed by atoms with van der Waals surface area (Å²) in [6.07, 6.45) is 1.84. The van der Waals surface area contributed by atoms with Crippen LogP contribution in [0.3, 0.4) is 0 Å². The van der Waals surface area contributed by atoms with Gasteiger partial charge in [-0.15, -0.1) is 0 Å². The Bertz CT molecular complexity index is 1350. The molecule has 25 heavy (non-hydrogen) atoms. The summed E-state index contributed by atoms with van der Waals surface area (Å²) in [6.45, 7) is 2.06. The Morgan fingerprint density at radius 3 is 2.60 bits per heavy atom. The molecule has 0 spiro atoms. The van der Waals surface area contributed by atoms with E-state index >= 15 is 0 Å². The molecule has 0 saturated heterocycles. The van der Waals surface area contributed by atoms with Gasteiger partial charge in [0.05, 0.1) is 10.7 Å². The molecule has 1 aromatic heterocycles. The Labute approximate surface area is 143 Å². The largest absolute Gasteiger partial charge is 0.504 e. The van der Waals surface area contributed by atoms with Crippen LogP contribution in [-0.4, -0.2) is 5.11 Å². The number of aryl methyl sites for hydroxylation is 1. The molecule has 0 amide bonds. The summed E-state index contributed by atoms with van der Waals surface area (Å²) in [6, 6.07) is 19.9. The molecule has 0 unspecified atom stereocenters. The Morgan fingerprint density at radius 1 is 0.920 bits per heavy atom. The Balaban J connectivity index is 1.88. The quantitative estimate of drug-likeness (QED) is 0.509. The van der Waals surface area contributed by atoms with Crippen molar-refractivity contribution in [2.24, 2.45) is 4.99 Å². The molecule has 0 radical (unpaired) electrons. The molecule has 1 aliphatic heterocycles. The van der Waals surface area contributed by atoms with Crippen LogP contribution in [0.5, 0.6) is 5.75 Å². The minimum atomic E-state index is 0.157. The number of furan rings is 1. The Hall–Kier alpha value is -3.33. The number of para-hydroxylation sites is 1. The van der Waals surface area contributed by atoms with E-state index in [2.05, 4.69) is 19.1 Å². The first-order valence-corrected chi connectivity index (χ1v) is 8.22. The van der Waals surface area contributed by atoms with Gasteiger partial charge < -0.3 is 9.52 Å². The second-order valence-electron chi connectivity index (χ2n) is 6.29. The van der Waals surface area contributed by atoms with Gasteiger partial charge in [0, 0.05) is 10.4 Å². The molecule has 5 rings (SSSR count). The van der Waals surface area contributed by atoms with Crippen molar-refractivity contribution in [1.29, 1.82) is 0 Å². The van der Waals surface area contributed by atoms with E-state index in [1.807, 2.05) is 54.6 Å². The molecule has 0 aliphatic carbocycles. The van der Waals surface area contributed by atoms with Gasteiger partial charge in [0.2, 0.25) is 0 Å². The lowest BCUT2D eigenvalue weighted by molar-refractivity contribution is 0.450. The van der Waals surface area contributed by atoms with Gasteiger partial charge in [0.25, 0.3) is 0 Å². The smallest absolute Gasteiger partial charge is 0.170 e. The summed E-state index contributed by atoms with van der Waals surface area (Å²) in [4.78, 5) is 4.79. The van der Waals surface area contributed by atoms with Gasteiger partial charge in [-0.2, -0.15) is 0 Å². The van der Waals surface area contributed by atoms with E-state index in [1.54, 1.807) is 0 Å². The number of hydrogen-bond donors (Lipinski definition) is 1. The van der Waals surface area contributed by atoms with Crippen LogP contribution in [0.2, 0.25) is 0 Å². The van der Waals surface area contributed by atoms with Gasteiger partial charge in [-0.25, -0.2) is 4.99 Å². The van der Waals surface area contributed by atoms with Crippen LogP contribution >= 0.6 is 0 Å². The zero-order valence-electron chi connectivity index (χ0n) is 13.7. The zero-order valence-corrected chi connectivity index (χ0v) is 13.7. The average Bonchev–Trinajstić information content (AvgIpc) is 3.16. The maximum absolute atomic E-state index is 10.6. The van der Waals surface area contributed by atoms with Crippen molar-refractivity contribution < 1.29 is 9.52 Å². The molecule has 3 nitrogen and oxygen atoms in total. The van der Waals surface area contributed by atoms with E-state index in [-0.39, 0.29) is 5.75 Å². The summed E-state index contributed by atoms with van der Waals surface area (Å²) in [5, 5.41) is 14.4. The third-order valence-corrected chi connectivity index (χ3v) is 4.68. The number of rotatable bonds is 1. The van der Waals surface area contributed by atoms with Crippen molar-refractivity contribution in [3.05, 3.63) is 93.0 Å². The Morgan fingerprint density at radius 2 is 1.76 bits per heavy atom. The number of aromatic hydroxyl groups is 1. The van der Waals surface area contributed by atoms with Crippen molar-refractivity contribution in [1.82, 2.24) is 0 Å². The fourth-order valence-corrected chi connectivity index (χ4v) is 3.42. The molecule has 3 aromatic carbocycles. The van der Waals surface area contributed by atoms with E-state index in [4.69, 9.17) is 9.41 Å². The van der Waals surface area contributed by atoms with Crippen molar-refractivity contribution in [2.45, 2.75) is 6.92 Å². The minimum Gasteiger partial charge on any atom is -0.504 e. The monoisotopic (exact) mass is 325 g/mol.